The highest BCUT2D eigenvalue weighted by Crippen LogP contribution is 2.15. The molecule has 0 bridgehead atoms. The number of nitrogens with zero attached hydrogens (tertiary/aromatic N) is 2. The monoisotopic (exact) mass is 350 g/mol. The van der Waals surface area contributed by atoms with Gasteiger partial charge in [-0.3, -0.25) is 4.79 Å². The summed E-state index contributed by atoms with van der Waals surface area (Å²) in [7, 11) is 0. The maximum absolute atomic E-state index is 12.8. The SMILES string of the molecule is CC(C)CCOC(=O)c1nn(Cc2ccccc2)c(=O)c2ccccc12. The van der Waals surface area contributed by atoms with Crippen LogP contribution in [0.5, 0.6) is 0 Å². The van der Waals surface area contributed by atoms with Gasteiger partial charge in [-0.05, 0) is 24.0 Å². The summed E-state index contributed by atoms with van der Waals surface area (Å²) in [5.41, 5.74) is 0.902. The van der Waals surface area contributed by atoms with E-state index in [4.69, 9.17) is 4.74 Å². The van der Waals surface area contributed by atoms with Gasteiger partial charge in [0.1, 0.15) is 0 Å². The van der Waals surface area contributed by atoms with Gasteiger partial charge in [0.25, 0.3) is 5.56 Å². The maximum Gasteiger partial charge on any atom is 0.359 e. The predicted molar refractivity (Wildman–Crippen MR) is 101 cm³/mol. The van der Waals surface area contributed by atoms with E-state index in [0.29, 0.717) is 29.8 Å². The number of benzene rings is 2. The molecule has 0 atom stereocenters. The Morgan fingerprint density at radius 2 is 1.69 bits per heavy atom. The third kappa shape index (κ3) is 3.99. The minimum absolute atomic E-state index is 0.180. The number of hydrogen-bond acceptors (Lipinski definition) is 4. The lowest BCUT2D eigenvalue weighted by molar-refractivity contribution is 0.0481. The lowest BCUT2D eigenvalue weighted by atomic mass is 10.1. The van der Waals surface area contributed by atoms with Crippen molar-refractivity contribution < 1.29 is 9.53 Å². The first kappa shape index (κ1) is 17.9. The molecular weight excluding hydrogens is 328 g/mol. The predicted octanol–water partition coefficient (Wildman–Crippen LogP) is 3.65. The Morgan fingerprint density at radius 1 is 1.04 bits per heavy atom. The number of rotatable bonds is 6. The topological polar surface area (TPSA) is 61.2 Å². The van der Waals surface area contributed by atoms with E-state index in [1.54, 1.807) is 24.3 Å². The van der Waals surface area contributed by atoms with Crippen molar-refractivity contribution in [3.63, 3.8) is 0 Å². The molecule has 1 aromatic heterocycles. The summed E-state index contributed by atoms with van der Waals surface area (Å²) < 4.78 is 6.71. The summed E-state index contributed by atoms with van der Waals surface area (Å²) in [6, 6.07) is 16.6. The third-order valence-electron chi connectivity index (χ3n) is 4.16. The van der Waals surface area contributed by atoms with Crippen LogP contribution in [0.2, 0.25) is 0 Å². The van der Waals surface area contributed by atoms with E-state index in [0.717, 1.165) is 12.0 Å². The van der Waals surface area contributed by atoms with Gasteiger partial charge in [0.15, 0.2) is 5.69 Å². The van der Waals surface area contributed by atoms with E-state index in [2.05, 4.69) is 18.9 Å². The smallest absolute Gasteiger partial charge is 0.359 e. The van der Waals surface area contributed by atoms with Gasteiger partial charge in [-0.15, -0.1) is 0 Å². The molecule has 26 heavy (non-hydrogen) atoms. The fraction of sp³-hybridized carbons (Fsp3) is 0.286. The van der Waals surface area contributed by atoms with Gasteiger partial charge in [0, 0.05) is 5.39 Å². The van der Waals surface area contributed by atoms with E-state index in [9.17, 15) is 9.59 Å². The van der Waals surface area contributed by atoms with Crippen molar-refractivity contribution in [3.05, 3.63) is 76.2 Å². The second-order valence-corrected chi connectivity index (χ2v) is 6.66. The van der Waals surface area contributed by atoms with Crippen LogP contribution >= 0.6 is 0 Å². The first-order valence-electron chi connectivity index (χ1n) is 8.77. The van der Waals surface area contributed by atoms with E-state index >= 15 is 0 Å². The van der Waals surface area contributed by atoms with E-state index in [1.165, 1.54) is 4.68 Å². The first-order chi connectivity index (χ1) is 12.6. The highest BCUT2D eigenvalue weighted by molar-refractivity contribution is 6.02. The first-order valence-corrected chi connectivity index (χ1v) is 8.77. The summed E-state index contributed by atoms with van der Waals surface area (Å²) in [6.45, 7) is 4.78. The molecule has 0 saturated carbocycles. The van der Waals surface area contributed by atoms with Crippen LogP contribution in [0.1, 0.15) is 36.3 Å². The van der Waals surface area contributed by atoms with Gasteiger partial charge in [-0.25, -0.2) is 9.48 Å². The fourth-order valence-corrected chi connectivity index (χ4v) is 2.71. The molecule has 0 amide bonds. The molecule has 3 rings (SSSR count). The van der Waals surface area contributed by atoms with Gasteiger partial charge in [0.2, 0.25) is 0 Å². The van der Waals surface area contributed by atoms with E-state index < -0.39 is 5.97 Å². The molecule has 3 aromatic rings. The molecule has 0 radical (unpaired) electrons. The highest BCUT2D eigenvalue weighted by Gasteiger charge is 2.18. The van der Waals surface area contributed by atoms with Crippen LogP contribution in [0.15, 0.2) is 59.4 Å². The molecule has 0 aliphatic carbocycles. The molecule has 5 nitrogen and oxygen atoms in total. The van der Waals surface area contributed by atoms with Crippen LogP contribution in [-0.4, -0.2) is 22.4 Å². The third-order valence-corrected chi connectivity index (χ3v) is 4.16. The zero-order chi connectivity index (χ0) is 18.5. The van der Waals surface area contributed by atoms with Crippen molar-refractivity contribution in [2.75, 3.05) is 6.61 Å². The van der Waals surface area contributed by atoms with Crippen molar-refractivity contribution in [1.29, 1.82) is 0 Å². The summed E-state index contributed by atoms with van der Waals surface area (Å²) in [5.74, 6) is -0.0526. The van der Waals surface area contributed by atoms with Crippen LogP contribution in [0.3, 0.4) is 0 Å². The second kappa shape index (κ2) is 7.95. The number of carbonyl (C=O) groups excluding carboxylic acids is 1. The van der Waals surface area contributed by atoms with Crippen molar-refractivity contribution in [2.24, 2.45) is 5.92 Å². The maximum atomic E-state index is 12.8. The highest BCUT2D eigenvalue weighted by atomic mass is 16.5. The van der Waals surface area contributed by atoms with Crippen LogP contribution in [0, 0.1) is 5.92 Å². The largest absolute Gasteiger partial charge is 0.461 e. The number of esters is 1. The lowest BCUT2D eigenvalue weighted by Gasteiger charge is -2.11. The van der Waals surface area contributed by atoms with Gasteiger partial charge < -0.3 is 4.74 Å². The number of hydrogen-bond donors (Lipinski definition) is 0. The molecule has 0 saturated heterocycles. The summed E-state index contributed by atoms with van der Waals surface area (Å²) >= 11 is 0. The van der Waals surface area contributed by atoms with Crippen molar-refractivity contribution >= 4 is 16.7 Å². The Morgan fingerprint density at radius 3 is 2.38 bits per heavy atom. The summed E-state index contributed by atoms with van der Waals surface area (Å²) in [6.07, 6.45) is 0.785. The molecule has 0 aliphatic rings. The standard InChI is InChI=1S/C21H22N2O3/c1-15(2)12-13-26-21(25)19-17-10-6-7-11-18(17)20(24)23(22-19)14-16-8-4-3-5-9-16/h3-11,15H,12-14H2,1-2H3. The molecule has 0 unspecified atom stereocenters. The quantitative estimate of drug-likeness (QED) is 0.637. The number of aromatic nitrogens is 2. The van der Waals surface area contributed by atoms with Crippen LogP contribution < -0.4 is 5.56 Å². The normalized spacial score (nSPS) is 11.0. The van der Waals surface area contributed by atoms with Gasteiger partial charge in [-0.2, -0.15) is 5.10 Å². The van der Waals surface area contributed by atoms with Gasteiger partial charge in [-0.1, -0.05) is 62.4 Å². The van der Waals surface area contributed by atoms with E-state index in [-0.39, 0.29) is 11.3 Å². The van der Waals surface area contributed by atoms with Crippen molar-refractivity contribution in [2.45, 2.75) is 26.8 Å². The number of carbonyl (C=O) groups is 1. The molecule has 5 heteroatoms. The Balaban J connectivity index is 2.00. The average molecular weight is 350 g/mol. The molecule has 0 N–H and O–H groups in total. The molecule has 0 aliphatic heterocycles. The van der Waals surface area contributed by atoms with Crippen molar-refractivity contribution in [1.82, 2.24) is 9.78 Å². The van der Waals surface area contributed by atoms with Crippen LogP contribution in [0.4, 0.5) is 0 Å². The summed E-state index contributed by atoms with van der Waals surface area (Å²) in [4.78, 5) is 25.3. The fourth-order valence-electron chi connectivity index (χ4n) is 2.71. The zero-order valence-electron chi connectivity index (χ0n) is 15.0. The molecule has 134 valence electrons. The molecule has 1 heterocycles. The Kier molecular flexibility index (Phi) is 5.46. The lowest BCUT2D eigenvalue weighted by Crippen LogP contribution is -2.27. The minimum Gasteiger partial charge on any atom is -0.461 e. The molecule has 0 fully saturated rings. The van der Waals surface area contributed by atoms with Crippen LogP contribution in [-0.2, 0) is 11.3 Å². The van der Waals surface area contributed by atoms with Gasteiger partial charge >= 0.3 is 5.97 Å². The Bertz CT molecular complexity index is 962. The molecular formula is C21H22N2O3. The second-order valence-electron chi connectivity index (χ2n) is 6.66. The zero-order valence-corrected chi connectivity index (χ0v) is 15.0. The van der Waals surface area contributed by atoms with E-state index in [1.807, 2.05) is 30.3 Å². The molecule has 2 aromatic carbocycles. The number of ether oxygens (including phenoxy) is 1. The average Bonchev–Trinajstić information content (AvgIpc) is 2.64. The Hall–Kier alpha value is -2.95. The number of fused-ring (bicyclic) bond motifs is 1. The molecule has 0 spiro atoms. The Labute approximate surface area is 152 Å². The summed E-state index contributed by atoms with van der Waals surface area (Å²) in [5, 5.41) is 5.31. The van der Waals surface area contributed by atoms with Crippen molar-refractivity contribution in [3.8, 4) is 0 Å². The minimum atomic E-state index is -0.497. The van der Waals surface area contributed by atoms with Crippen LogP contribution in [0.25, 0.3) is 10.8 Å². The van der Waals surface area contributed by atoms with Gasteiger partial charge in [0.05, 0.1) is 18.5 Å².